The highest BCUT2D eigenvalue weighted by Gasteiger charge is 2.28. The van der Waals surface area contributed by atoms with Crippen LogP contribution < -0.4 is 5.32 Å². The summed E-state index contributed by atoms with van der Waals surface area (Å²) in [7, 11) is 1.89. The number of benzene rings is 1. The fourth-order valence-corrected chi connectivity index (χ4v) is 3.19. The van der Waals surface area contributed by atoms with Gasteiger partial charge in [-0.1, -0.05) is 47.5 Å². The maximum absolute atomic E-state index is 12.5. The van der Waals surface area contributed by atoms with Gasteiger partial charge in [0, 0.05) is 18.1 Å². The molecule has 2 rings (SSSR count). The molecule has 0 saturated carbocycles. The van der Waals surface area contributed by atoms with Crippen LogP contribution in [0.5, 0.6) is 0 Å². The van der Waals surface area contributed by atoms with Crippen molar-refractivity contribution in [2.24, 2.45) is 5.92 Å². The average molecular weight is 339 g/mol. The van der Waals surface area contributed by atoms with E-state index in [9.17, 15) is 4.79 Å². The molecule has 1 aliphatic heterocycles. The zero-order valence-corrected chi connectivity index (χ0v) is 13.8. The van der Waals surface area contributed by atoms with Gasteiger partial charge in [0.05, 0.1) is 6.04 Å². The Hall–Kier alpha value is -0.870. The summed E-state index contributed by atoms with van der Waals surface area (Å²) in [6.45, 7) is 3.81. The Balaban J connectivity index is 1.96. The number of amides is 1. The first-order valence-electron chi connectivity index (χ1n) is 7.33. The van der Waals surface area contributed by atoms with Crippen LogP contribution in [0.15, 0.2) is 28.7 Å². The molecule has 0 radical (unpaired) electrons. The fraction of sp³-hybridized carbons (Fsp3) is 0.562. The summed E-state index contributed by atoms with van der Waals surface area (Å²) in [5.74, 6) is 0.890. The molecule has 1 aromatic carbocycles. The lowest BCUT2D eigenvalue weighted by Gasteiger charge is -2.31. The number of halogens is 1. The van der Waals surface area contributed by atoms with E-state index in [0.29, 0.717) is 12.5 Å². The molecule has 1 amide bonds. The molecule has 0 aromatic heterocycles. The van der Waals surface area contributed by atoms with Crippen molar-refractivity contribution in [2.45, 2.75) is 38.8 Å². The molecule has 1 fully saturated rings. The summed E-state index contributed by atoms with van der Waals surface area (Å²) in [5, 5.41) is 3.36. The quantitative estimate of drug-likeness (QED) is 0.914. The Kier molecular flexibility index (Phi) is 5.61. The van der Waals surface area contributed by atoms with Gasteiger partial charge < -0.3 is 10.2 Å². The van der Waals surface area contributed by atoms with Crippen molar-refractivity contribution < 1.29 is 4.79 Å². The molecule has 0 aliphatic carbocycles. The van der Waals surface area contributed by atoms with E-state index in [-0.39, 0.29) is 11.9 Å². The van der Waals surface area contributed by atoms with Crippen LogP contribution in [0.3, 0.4) is 0 Å². The van der Waals surface area contributed by atoms with Gasteiger partial charge in [-0.15, -0.1) is 0 Å². The summed E-state index contributed by atoms with van der Waals surface area (Å²) in [6.07, 6.45) is 3.32. The number of hydrogen-bond donors (Lipinski definition) is 1. The minimum Gasteiger partial charge on any atom is -0.340 e. The average Bonchev–Trinajstić information content (AvgIpc) is 2.48. The zero-order valence-electron chi connectivity index (χ0n) is 12.2. The second-order valence-electron chi connectivity index (χ2n) is 5.59. The molecule has 1 aromatic rings. The molecule has 20 heavy (non-hydrogen) atoms. The first-order chi connectivity index (χ1) is 9.61. The molecule has 0 bridgehead atoms. The van der Waals surface area contributed by atoms with Crippen molar-refractivity contribution in [2.75, 3.05) is 13.6 Å². The number of carbonyl (C=O) groups is 1. The SMILES string of the molecule is CCC1CCNC(C(=O)N(C)Cc2ccccc2Br)C1. The Morgan fingerprint density at radius 1 is 1.45 bits per heavy atom. The molecule has 110 valence electrons. The van der Waals surface area contributed by atoms with Gasteiger partial charge in [0.2, 0.25) is 5.91 Å². The first-order valence-corrected chi connectivity index (χ1v) is 8.13. The number of likely N-dealkylation sites (N-methyl/N-ethyl adjacent to an activating group) is 1. The normalized spacial score (nSPS) is 22.6. The van der Waals surface area contributed by atoms with E-state index in [1.807, 2.05) is 30.1 Å². The van der Waals surface area contributed by atoms with Crippen molar-refractivity contribution >= 4 is 21.8 Å². The van der Waals surface area contributed by atoms with Crippen molar-refractivity contribution in [1.82, 2.24) is 10.2 Å². The molecule has 4 heteroatoms. The maximum atomic E-state index is 12.5. The Labute approximate surface area is 129 Å². The van der Waals surface area contributed by atoms with Crippen LogP contribution in [0.1, 0.15) is 31.7 Å². The Morgan fingerprint density at radius 3 is 2.90 bits per heavy atom. The van der Waals surface area contributed by atoms with E-state index in [1.54, 1.807) is 0 Å². The third-order valence-electron chi connectivity index (χ3n) is 4.13. The number of carbonyl (C=O) groups excluding carboxylic acids is 1. The fourth-order valence-electron chi connectivity index (χ4n) is 2.78. The van der Waals surface area contributed by atoms with E-state index in [2.05, 4.69) is 34.2 Å². The molecule has 2 unspecified atom stereocenters. The summed E-state index contributed by atoms with van der Waals surface area (Å²) < 4.78 is 1.06. The van der Waals surface area contributed by atoms with Crippen LogP contribution in [0.2, 0.25) is 0 Å². The highest BCUT2D eigenvalue weighted by atomic mass is 79.9. The smallest absolute Gasteiger partial charge is 0.239 e. The Morgan fingerprint density at radius 2 is 2.20 bits per heavy atom. The van der Waals surface area contributed by atoms with Crippen LogP contribution in [0, 0.1) is 5.92 Å². The molecular weight excluding hydrogens is 316 g/mol. The lowest BCUT2D eigenvalue weighted by molar-refractivity contribution is -0.133. The predicted octanol–water partition coefficient (Wildman–Crippen LogP) is 3.19. The van der Waals surface area contributed by atoms with Crippen molar-refractivity contribution in [3.8, 4) is 0 Å². The minimum atomic E-state index is -0.0128. The highest BCUT2D eigenvalue weighted by Crippen LogP contribution is 2.22. The topological polar surface area (TPSA) is 32.3 Å². The number of hydrogen-bond acceptors (Lipinski definition) is 2. The third-order valence-corrected chi connectivity index (χ3v) is 4.90. The van der Waals surface area contributed by atoms with Gasteiger partial charge in [0.15, 0.2) is 0 Å². The van der Waals surface area contributed by atoms with E-state index < -0.39 is 0 Å². The number of nitrogens with one attached hydrogen (secondary N) is 1. The van der Waals surface area contributed by atoms with Gasteiger partial charge in [-0.3, -0.25) is 4.79 Å². The predicted molar refractivity (Wildman–Crippen MR) is 85.4 cm³/mol. The van der Waals surface area contributed by atoms with E-state index in [1.165, 1.54) is 12.8 Å². The first kappa shape index (κ1) is 15.5. The number of rotatable bonds is 4. The Bertz CT molecular complexity index is 464. The summed E-state index contributed by atoms with van der Waals surface area (Å²) >= 11 is 3.54. The summed E-state index contributed by atoms with van der Waals surface area (Å²) in [5.41, 5.74) is 1.14. The zero-order chi connectivity index (χ0) is 14.5. The molecule has 0 spiro atoms. The van der Waals surface area contributed by atoms with Crippen LogP contribution in [-0.2, 0) is 11.3 Å². The van der Waals surface area contributed by atoms with Crippen LogP contribution in [0.25, 0.3) is 0 Å². The van der Waals surface area contributed by atoms with Gasteiger partial charge in [-0.25, -0.2) is 0 Å². The number of piperidine rings is 1. The molecule has 1 N–H and O–H groups in total. The van der Waals surface area contributed by atoms with Gasteiger partial charge in [-0.05, 0) is 36.9 Å². The van der Waals surface area contributed by atoms with Crippen LogP contribution in [-0.4, -0.2) is 30.4 Å². The second-order valence-corrected chi connectivity index (χ2v) is 6.45. The number of nitrogens with zero attached hydrogens (tertiary/aromatic N) is 1. The molecule has 1 heterocycles. The minimum absolute atomic E-state index is 0.0128. The largest absolute Gasteiger partial charge is 0.340 e. The third kappa shape index (κ3) is 3.83. The van der Waals surface area contributed by atoms with Crippen molar-refractivity contribution in [1.29, 1.82) is 0 Å². The second kappa shape index (κ2) is 7.23. The van der Waals surface area contributed by atoms with Crippen molar-refractivity contribution in [3.63, 3.8) is 0 Å². The van der Waals surface area contributed by atoms with Crippen LogP contribution >= 0.6 is 15.9 Å². The molecule has 2 atom stereocenters. The highest BCUT2D eigenvalue weighted by molar-refractivity contribution is 9.10. The monoisotopic (exact) mass is 338 g/mol. The van der Waals surface area contributed by atoms with Gasteiger partial charge in [0.25, 0.3) is 0 Å². The molecule has 1 saturated heterocycles. The van der Waals surface area contributed by atoms with E-state index in [4.69, 9.17) is 0 Å². The molecule has 1 aliphatic rings. The lowest BCUT2D eigenvalue weighted by Crippen LogP contribution is -2.49. The van der Waals surface area contributed by atoms with Crippen molar-refractivity contribution in [3.05, 3.63) is 34.3 Å². The maximum Gasteiger partial charge on any atom is 0.239 e. The van der Waals surface area contributed by atoms with Gasteiger partial charge in [0.1, 0.15) is 0 Å². The van der Waals surface area contributed by atoms with E-state index >= 15 is 0 Å². The van der Waals surface area contributed by atoms with Crippen LogP contribution in [0.4, 0.5) is 0 Å². The van der Waals surface area contributed by atoms with Gasteiger partial charge >= 0.3 is 0 Å². The molecular formula is C16H23BrN2O. The van der Waals surface area contributed by atoms with Gasteiger partial charge in [-0.2, -0.15) is 0 Å². The standard InChI is InChI=1S/C16H23BrN2O/c1-3-12-8-9-18-15(10-12)16(20)19(2)11-13-6-4-5-7-14(13)17/h4-7,12,15,18H,3,8-11H2,1-2H3. The van der Waals surface area contributed by atoms with E-state index in [0.717, 1.165) is 23.0 Å². The summed E-state index contributed by atoms with van der Waals surface area (Å²) in [6, 6.07) is 8.05. The summed E-state index contributed by atoms with van der Waals surface area (Å²) in [4.78, 5) is 14.4. The molecule has 3 nitrogen and oxygen atoms in total. The lowest BCUT2D eigenvalue weighted by atomic mass is 9.90.